The zero-order valence-electron chi connectivity index (χ0n) is 15.1. The number of carbonyl (C=O) groups excluding carboxylic acids is 1. The molecule has 0 aliphatic heterocycles. The first-order chi connectivity index (χ1) is 13.1. The van der Waals surface area contributed by atoms with E-state index in [0.717, 1.165) is 33.3 Å². The number of aryl methyl sites for hydroxylation is 2. The molecule has 134 valence electrons. The average molecular weight is 373 g/mol. The van der Waals surface area contributed by atoms with Crippen molar-refractivity contribution in [3.05, 3.63) is 81.7 Å². The van der Waals surface area contributed by atoms with E-state index < -0.39 is 0 Å². The lowest BCUT2D eigenvalue weighted by Crippen LogP contribution is -2.17. The number of nitrogens with zero attached hydrogens (tertiary/aromatic N) is 1. The van der Waals surface area contributed by atoms with E-state index in [0.29, 0.717) is 4.88 Å². The number of nitrogens with one attached hydrogen (secondary N) is 2. The molecule has 0 saturated heterocycles. The Hall–Kier alpha value is -3.18. The molecule has 4 aromatic rings. The molecule has 4 rings (SSSR count). The maximum atomic E-state index is 12.6. The van der Waals surface area contributed by atoms with E-state index in [4.69, 9.17) is 0 Å². The molecular formula is C22H19N3OS. The fraction of sp³-hybridized carbons (Fsp3) is 0.0909. The summed E-state index contributed by atoms with van der Waals surface area (Å²) in [5.41, 5.74) is 8.87. The predicted molar refractivity (Wildman–Crippen MR) is 113 cm³/mol. The van der Waals surface area contributed by atoms with Gasteiger partial charge in [0.05, 0.1) is 6.21 Å². The lowest BCUT2D eigenvalue weighted by Gasteiger charge is -2.04. The number of amides is 1. The summed E-state index contributed by atoms with van der Waals surface area (Å²) in [5, 5.41) is 7.21. The van der Waals surface area contributed by atoms with Gasteiger partial charge in [-0.05, 0) is 36.9 Å². The highest BCUT2D eigenvalue weighted by Gasteiger charge is 2.14. The summed E-state index contributed by atoms with van der Waals surface area (Å²) >= 11 is 1.42. The Bertz CT molecular complexity index is 1140. The van der Waals surface area contributed by atoms with Crippen LogP contribution in [-0.4, -0.2) is 17.1 Å². The normalized spacial score (nSPS) is 11.3. The van der Waals surface area contributed by atoms with Crippen molar-refractivity contribution in [1.29, 1.82) is 0 Å². The Labute approximate surface area is 161 Å². The van der Waals surface area contributed by atoms with Gasteiger partial charge in [-0.15, -0.1) is 11.3 Å². The molecule has 0 spiro atoms. The summed E-state index contributed by atoms with van der Waals surface area (Å²) in [7, 11) is 0. The van der Waals surface area contributed by atoms with Crippen LogP contribution in [-0.2, 0) is 0 Å². The number of hydrogen-bond acceptors (Lipinski definition) is 3. The van der Waals surface area contributed by atoms with Gasteiger partial charge in [-0.2, -0.15) is 5.10 Å². The number of carbonyl (C=O) groups is 1. The van der Waals surface area contributed by atoms with Gasteiger partial charge in [0.1, 0.15) is 4.88 Å². The van der Waals surface area contributed by atoms with Crippen molar-refractivity contribution in [2.24, 2.45) is 5.10 Å². The van der Waals surface area contributed by atoms with Crippen molar-refractivity contribution >= 4 is 34.4 Å². The minimum Gasteiger partial charge on any atom is -0.358 e. The van der Waals surface area contributed by atoms with Gasteiger partial charge in [-0.3, -0.25) is 4.79 Å². The molecule has 2 aromatic carbocycles. The number of thiophene rings is 1. The predicted octanol–water partition coefficient (Wildman–Crippen LogP) is 5.28. The third-order valence-electron chi connectivity index (χ3n) is 4.54. The van der Waals surface area contributed by atoms with Gasteiger partial charge in [0.25, 0.3) is 5.91 Å². The Balaban J connectivity index is 1.55. The zero-order valence-corrected chi connectivity index (χ0v) is 15.9. The van der Waals surface area contributed by atoms with E-state index in [1.165, 1.54) is 16.9 Å². The SMILES string of the molecule is Cc1ccc(-c2ccsc2C(=O)N/N=C/c2c(C)[nH]c3ccccc23)cc1. The summed E-state index contributed by atoms with van der Waals surface area (Å²) in [6.45, 7) is 4.05. The molecule has 0 radical (unpaired) electrons. The second kappa shape index (κ2) is 7.21. The Morgan fingerprint density at radius 1 is 1.07 bits per heavy atom. The molecule has 1 amide bonds. The molecule has 2 aromatic heterocycles. The summed E-state index contributed by atoms with van der Waals surface area (Å²) in [5.74, 6) is -0.200. The quantitative estimate of drug-likeness (QED) is 0.371. The van der Waals surface area contributed by atoms with Crippen LogP contribution in [0.4, 0.5) is 0 Å². The van der Waals surface area contributed by atoms with Crippen molar-refractivity contribution in [2.45, 2.75) is 13.8 Å². The molecule has 2 N–H and O–H groups in total. The smallest absolute Gasteiger partial charge is 0.282 e. The third kappa shape index (κ3) is 3.41. The number of H-pyrrole nitrogens is 1. The topological polar surface area (TPSA) is 57.2 Å². The van der Waals surface area contributed by atoms with Crippen LogP contribution in [0.2, 0.25) is 0 Å². The van der Waals surface area contributed by atoms with Crippen LogP contribution >= 0.6 is 11.3 Å². The fourth-order valence-electron chi connectivity index (χ4n) is 3.12. The molecule has 27 heavy (non-hydrogen) atoms. The van der Waals surface area contributed by atoms with Gasteiger partial charge >= 0.3 is 0 Å². The lowest BCUT2D eigenvalue weighted by atomic mass is 10.1. The zero-order chi connectivity index (χ0) is 18.8. The number of hydrogen-bond donors (Lipinski definition) is 2. The highest BCUT2D eigenvalue weighted by atomic mass is 32.1. The third-order valence-corrected chi connectivity index (χ3v) is 5.45. The molecule has 0 unspecified atom stereocenters. The van der Waals surface area contributed by atoms with Crippen LogP contribution in [0.5, 0.6) is 0 Å². The Morgan fingerprint density at radius 2 is 1.85 bits per heavy atom. The molecule has 0 aliphatic carbocycles. The van der Waals surface area contributed by atoms with Crippen molar-refractivity contribution in [3.63, 3.8) is 0 Å². The maximum absolute atomic E-state index is 12.6. The van der Waals surface area contributed by atoms with Crippen LogP contribution in [0.3, 0.4) is 0 Å². The molecule has 0 atom stereocenters. The fourth-order valence-corrected chi connectivity index (χ4v) is 3.92. The van der Waals surface area contributed by atoms with Gasteiger partial charge in [0.15, 0.2) is 0 Å². The van der Waals surface area contributed by atoms with Crippen LogP contribution in [0.1, 0.15) is 26.5 Å². The van der Waals surface area contributed by atoms with Crippen LogP contribution in [0, 0.1) is 13.8 Å². The lowest BCUT2D eigenvalue weighted by molar-refractivity contribution is 0.0960. The van der Waals surface area contributed by atoms with Crippen LogP contribution in [0.25, 0.3) is 22.0 Å². The molecule has 5 heteroatoms. The van der Waals surface area contributed by atoms with E-state index in [1.807, 2.05) is 73.8 Å². The van der Waals surface area contributed by atoms with Crippen molar-refractivity contribution < 1.29 is 4.79 Å². The molecule has 0 bridgehead atoms. The van der Waals surface area contributed by atoms with E-state index in [2.05, 4.69) is 15.5 Å². The second-order valence-corrected chi connectivity index (χ2v) is 7.35. The summed E-state index contributed by atoms with van der Waals surface area (Å²) in [6, 6.07) is 18.2. The minimum atomic E-state index is -0.200. The van der Waals surface area contributed by atoms with Gasteiger partial charge < -0.3 is 4.98 Å². The van der Waals surface area contributed by atoms with Crippen LogP contribution < -0.4 is 5.43 Å². The number of aromatic nitrogens is 1. The van der Waals surface area contributed by atoms with Gasteiger partial charge in [0, 0.05) is 27.7 Å². The van der Waals surface area contributed by atoms with Gasteiger partial charge in [-0.25, -0.2) is 5.43 Å². The first kappa shape index (κ1) is 17.2. The number of rotatable bonds is 4. The largest absolute Gasteiger partial charge is 0.358 e. The first-order valence-corrected chi connectivity index (χ1v) is 9.56. The van der Waals surface area contributed by atoms with E-state index in [-0.39, 0.29) is 5.91 Å². The Kier molecular flexibility index (Phi) is 4.60. The van der Waals surface area contributed by atoms with Crippen LogP contribution in [0.15, 0.2) is 65.1 Å². The minimum absolute atomic E-state index is 0.200. The molecule has 0 fully saturated rings. The maximum Gasteiger partial charge on any atom is 0.282 e. The van der Waals surface area contributed by atoms with E-state index in [9.17, 15) is 4.79 Å². The number of para-hydroxylation sites is 1. The highest BCUT2D eigenvalue weighted by molar-refractivity contribution is 7.12. The monoisotopic (exact) mass is 373 g/mol. The summed E-state index contributed by atoms with van der Waals surface area (Å²) in [6.07, 6.45) is 1.70. The van der Waals surface area contributed by atoms with Crippen molar-refractivity contribution in [3.8, 4) is 11.1 Å². The Morgan fingerprint density at radius 3 is 2.67 bits per heavy atom. The second-order valence-electron chi connectivity index (χ2n) is 6.44. The number of aromatic amines is 1. The summed E-state index contributed by atoms with van der Waals surface area (Å²) in [4.78, 5) is 16.6. The van der Waals surface area contributed by atoms with Crippen molar-refractivity contribution in [2.75, 3.05) is 0 Å². The van der Waals surface area contributed by atoms with E-state index in [1.54, 1.807) is 6.21 Å². The first-order valence-electron chi connectivity index (χ1n) is 8.69. The van der Waals surface area contributed by atoms with E-state index >= 15 is 0 Å². The molecule has 4 nitrogen and oxygen atoms in total. The average Bonchev–Trinajstić information content (AvgIpc) is 3.27. The standard InChI is InChI=1S/C22H19N3OS/c1-14-7-9-16(10-8-14)17-11-12-27-21(17)22(26)25-23-13-19-15(2)24-20-6-4-3-5-18(19)20/h3-13,24H,1-2H3,(H,25,26)/b23-13+. The van der Waals surface area contributed by atoms with Gasteiger partial charge in [-0.1, -0.05) is 48.0 Å². The molecule has 0 aliphatic rings. The number of hydrazone groups is 1. The molecule has 2 heterocycles. The molecular weight excluding hydrogens is 354 g/mol. The number of benzene rings is 2. The molecule has 0 saturated carbocycles. The van der Waals surface area contributed by atoms with Gasteiger partial charge in [0.2, 0.25) is 0 Å². The van der Waals surface area contributed by atoms with Crippen molar-refractivity contribution in [1.82, 2.24) is 10.4 Å². The summed E-state index contributed by atoms with van der Waals surface area (Å²) < 4.78 is 0. The highest BCUT2D eigenvalue weighted by Crippen LogP contribution is 2.28. The number of fused-ring (bicyclic) bond motifs is 1.